The van der Waals surface area contributed by atoms with Crippen molar-refractivity contribution in [2.45, 2.75) is 32.9 Å². The lowest BCUT2D eigenvalue weighted by molar-refractivity contribution is 0.167. The Kier molecular flexibility index (Phi) is 4.49. The molecule has 1 atom stereocenters. The van der Waals surface area contributed by atoms with Crippen molar-refractivity contribution in [3.8, 4) is 0 Å². The molecule has 1 unspecified atom stereocenters. The third kappa shape index (κ3) is 3.81. The van der Waals surface area contributed by atoms with E-state index in [4.69, 9.17) is 0 Å². The topological polar surface area (TPSA) is 58.0 Å². The molecule has 1 rings (SSSR count). The Morgan fingerprint density at radius 2 is 2.21 bits per heavy atom. The number of hydrogen-bond donors (Lipinski definition) is 2. The van der Waals surface area contributed by atoms with Crippen molar-refractivity contribution in [1.82, 2.24) is 15.3 Å². The second-order valence-electron chi connectivity index (χ2n) is 3.34. The van der Waals surface area contributed by atoms with Crippen LogP contribution in [-0.4, -0.2) is 27.7 Å². The van der Waals surface area contributed by atoms with Gasteiger partial charge in [-0.05, 0) is 13.3 Å². The molecule has 0 aliphatic heterocycles. The minimum atomic E-state index is -0.270. The van der Waals surface area contributed by atoms with Gasteiger partial charge in [-0.25, -0.2) is 0 Å². The molecule has 1 heterocycles. The van der Waals surface area contributed by atoms with Crippen molar-refractivity contribution in [3.63, 3.8) is 0 Å². The average molecular weight is 195 g/mol. The summed E-state index contributed by atoms with van der Waals surface area (Å²) in [5.41, 5.74) is 1.82. The normalized spacial score (nSPS) is 12.8. The van der Waals surface area contributed by atoms with Gasteiger partial charge in [0.05, 0.1) is 17.5 Å². The molecule has 0 radical (unpaired) electrons. The molecule has 0 aliphatic carbocycles. The molecule has 0 amide bonds. The van der Waals surface area contributed by atoms with Crippen LogP contribution in [0.2, 0.25) is 0 Å². The summed E-state index contributed by atoms with van der Waals surface area (Å²) < 4.78 is 0. The summed E-state index contributed by atoms with van der Waals surface area (Å²) in [7, 11) is 0. The molecular weight excluding hydrogens is 178 g/mol. The summed E-state index contributed by atoms with van der Waals surface area (Å²) in [4.78, 5) is 8.33. The first kappa shape index (κ1) is 11.1. The molecule has 2 N–H and O–H groups in total. The van der Waals surface area contributed by atoms with E-state index < -0.39 is 0 Å². The van der Waals surface area contributed by atoms with E-state index in [1.807, 2.05) is 13.8 Å². The fraction of sp³-hybridized carbons (Fsp3) is 0.600. The van der Waals surface area contributed by atoms with E-state index in [2.05, 4.69) is 15.3 Å². The summed E-state index contributed by atoms with van der Waals surface area (Å²) in [6.07, 6.45) is 3.99. The lowest BCUT2D eigenvalue weighted by Crippen LogP contribution is -2.26. The summed E-state index contributed by atoms with van der Waals surface area (Å²) in [5.74, 6) is 0. The third-order valence-electron chi connectivity index (χ3n) is 1.99. The third-order valence-corrected chi connectivity index (χ3v) is 1.99. The predicted octanol–water partition coefficient (Wildman–Crippen LogP) is 0.646. The van der Waals surface area contributed by atoms with E-state index in [0.717, 1.165) is 17.8 Å². The zero-order valence-corrected chi connectivity index (χ0v) is 8.70. The minimum absolute atomic E-state index is 0.270. The number of aryl methyl sites for hydroxylation is 1. The van der Waals surface area contributed by atoms with Crippen LogP contribution in [0.5, 0.6) is 0 Å². The second-order valence-corrected chi connectivity index (χ2v) is 3.34. The van der Waals surface area contributed by atoms with Crippen molar-refractivity contribution in [3.05, 3.63) is 23.8 Å². The van der Waals surface area contributed by atoms with E-state index >= 15 is 0 Å². The number of aliphatic hydroxyl groups is 1. The lowest BCUT2D eigenvalue weighted by atomic mass is 10.3. The SMILES string of the molecule is CCC(O)CNCc1cnc(C)cn1. The largest absolute Gasteiger partial charge is 0.392 e. The number of aromatic nitrogens is 2. The number of aliphatic hydroxyl groups excluding tert-OH is 1. The number of hydrogen-bond acceptors (Lipinski definition) is 4. The molecule has 0 aromatic carbocycles. The molecule has 4 heteroatoms. The van der Waals surface area contributed by atoms with Gasteiger partial charge in [-0.1, -0.05) is 6.92 Å². The van der Waals surface area contributed by atoms with E-state index in [1.54, 1.807) is 12.4 Å². The van der Waals surface area contributed by atoms with Gasteiger partial charge in [-0.3, -0.25) is 9.97 Å². The Hall–Kier alpha value is -1.00. The molecule has 0 aliphatic rings. The maximum absolute atomic E-state index is 9.28. The van der Waals surface area contributed by atoms with Gasteiger partial charge in [0, 0.05) is 25.5 Å². The summed E-state index contributed by atoms with van der Waals surface area (Å²) >= 11 is 0. The molecule has 0 bridgehead atoms. The molecule has 0 saturated carbocycles. The van der Waals surface area contributed by atoms with Gasteiger partial charge in [0.1, 0.15) is 0 Å². The van der Waals surface area contributed by atoms with E-state index in [9.17, 15) is 5.11 Å². The van der Waals surface area contributed by atoms with E-state index in [1.165, 1.54) is 0 Å². The Morgan fingerprint density at radius 1 is 1.43 bits per heavy atom. The first-order valence-electron chi connectivity index (χ1n) is 4.88. The van der Waals surface area contributed by atoms with E-state index in [0.29, 0.717) is 13.1 Å². The number of nitrogens with zero attached hydrogens (tertiary/aromatic N) is 2. The maximum Gasteiger partial charge on any atom is 0.0724 e. The van der Waals surface area contributed by atoms with Crippen LogP contribution in [0, 0.1) is 6.92 Å². The van der Waals surface area contributed by atoms with Crippen LogP contribution >= 0.6 is 0 Å². The van der Waals surface area contributed by atoms with Gasteiger partial charge < -0.3 is 10.4 Å². The van der Waals surface area contributed by atoms with Crippen LogP contribution in [0.25, 0.3) is 0 Å². The zero-order chi connectivity index (χ0) is 10.4. The monoisotopic (exact) mass is 195 g/mol. The summed E-state index contributed by atoms with van der Waals surface area (Å²) in [6, 6.07) is 0. The molecule has 4 nitrogen and oxygen atoms in total. The molecule has 0 saturated heterocycles. The molecule has 0 fully saturated rings. The van der Waals surface area contributed by atoms with Crippen LogP contribution in [0.4, 0.5) is 0 Å². The van der Waals surface area contributed by atoms with Gasteiger partial charge in [0.15, 0.2) is 0 Å². The van der Waals surface area contributed by atoms with Crippen molar-refractivity contribution < 1.29 is 5.11 Å². The van der Waals surface area contributed by atoms with Crippen LogP contribution in [0.15, 0.2) is 12.4 Å². The summed E-state index contributed by atoms with van der Waals surface area (Å²) in [6.45, 7) is 5.12. The first-order chi connectivity index (χ1) is 6.72. The zero-order valence-electron chi connectivity index (χ0n) is 8.70. The van der Waals surface area contributed by atoms with Crippen molar-refractivity contribution in [1.29, 1.82) is 0 Å². The van der Waals surface area contributed by atoms with Gasteiger partial charge in [-0.15, -0.1) is 0 Å². The van der Waals surface area contributed by atoms with Crippen molar-refractivity contribution in [2.24, 2.45) is 0 Å². The Labute approximate surface area is 84.4 Å². The highest BCUT2D eigenvalue weighted by Crippen LogP contribution is 1.94. The average Bonchev–Trinajstić information content (AvgIpc) is 2.21. The fourth-order valence-electron chi connectivity index (χ4n) is 1.02. The maximum atomic E-state index is 9.28. The Balaban J connectivity index is 2.28. The van der Waals surface area contributed by atoms with Crippen LogP contribution in [-0.2, 0) is 6.54 Å². The van der Waals surface area contributed by atoms with Gasteiger partial charge >= 0.3 is 0 Å². The fourth-order valence-corrected chi connectivity index (χ4v) is 1.02. The van der Waals surface area contributed by atoms with Crippen molar-refractivity contribution >= 4 is 0 Å². The predicted molar refractivity (Wildman–Crippen MR) is 54.8 cm³/mol. The van der Waals surface area contributed by atoms with Gasteiger partial charge in [-0.2, -0.15) is 0 Å². The minimum Gasteiger partial charge on any atom is -0.392 e. The molecule has 78 valence electrons. The Morgan fingerprint density at radius 3 is 2.79 bits per heavy atom. The second kappa shape index (κ2) is 5.67. The van der Waals surface area contributed by atoms with Crippen LogP contribution < -0.4 is 5.32 Å². The Bertz CT molecular complexity index is 261. The lowest BCUT2D eigenvalue weighted by Gasteiger charge is -2.08. The highest BCUT2D eigenvalue weighted by molar-refractivity contribution is 5.00. The molecule has 1 aromatic rings. The highest BCUT2D eigenvalue weighted by Gasteiger charge is 2.00. The van der Waals surface area contributed by atoms with Crippen LogP contribution in [0.3, 0.4) is 0 Å². The highest BCUT2D eigenvalue weighted by atomic mass is 16.3. The molecule has 14 heavy (non-hydrogen) atoms. The molecule has 1 aromatic heterocycles. The smallest absolute Gasteiger partial charge is 0.0724 e. The van der Waals surface area contributed by atoms with Gasteiger partial charge in [0.2, 0.25) is 0 Å². The molecular formula is C10H17N3O. The number of rotatable bonds is 5. The standard InChI is InChI=1S/C10H17N3O/c1-3-10(14)7-11-5-9-6-12-8(2)4-13-9/h4,6,10-11,14H,3,5,7H2,1-2H3. The first-order valence-corrected chi connectivity index (χ1v) is 4.88. The molecule has 0 spiro atoms. The van der Waals surface area contributed by atoms with Gasteiger partial charge in [0.25, 0.3) is 0 Å². The van der Waals surface area contributed by atoms with Crippen molar-refractivity contribution in [2.75, 3.05) is 6.54 Å². The van der Waals surface area contributed by atoms with E-state index in [-0.39, 0.29) is 6.10 Å². The number of nitrogens with one attached hydrogen (secondary N) is 1. The quantitative estimate of drug-likeness (QED) is 0.724. The summed E-state index contributed by atoms with van der Waals surface area (Å²) in [5, 5.41) is 12.4. The van der Waals surface area contributed by atoms with Crippen LogP contribution in [0.1, 0.15) is 24.7 Å².